The zero-order chi connectivity index (χ0) is 13.8. The Labute approximate surface area is 128 Å². The van der Waals surface area contributed by atoms with Gasteiger partial charge in [0.2, 0.25) is 0 Å². The van der Waals surface area contributed by atoms with E-state index in [2.05, 4.69) is 71.5 Å². The fourth-order valence-corrected chi connectivity index (χ4v) is 2.46. The number of rotatable bonds is 4. The first-order chi connectivity index (χ1) is 9.06. The van der Waals surface area contributed by atoms with Gasteiger partial charge in [0.25, 0.3) is 0 Å². The van der Waals surface area contributed by atoms with Crippen LogP contribution in [0.3, 0.4) is 0 Å². The fraction of sp³-hybridized carbons (Fsp3) is 0.250. The second kappa shape index (κ2) is 6.56. The molecule has 0 saturated heterocycles. The molecule has 0 aliphatic carbocycles. The summed E-state index contributed by atoms with van der Waals surface area (Å²) in [4.78, 5) is 0. The van der Waals surface area contributed by atoms with Crippen molar-refractivity contribution in [3.05, 3.63) is 69.2 Å². The van der Waals surface area contributed by atoms with E-state index in [-0.39, 0.29) is 6.04 Å². The summed E-state index contributed by atoms with van der Waals surface area (Å²) in [6.45, 7) is 4.34. The van der Waals surface area contributed by atoms with Crippen LogP contribution in [0.25, 0.3) is 0 Å². The predicted octanol–water partition coefficient (Wildman–Crippen LogP) is 5.51. The maximum atomic E-state index is 5.91. The molecule has 0 amide bonds. The van der Waals surface area contributed by atoms with Crippen molar-refractivity contribution in [3.63, 3.8) is 0 Å². The fourth-order valence-electron chi connectivity index (χ4n) is 2.07. The van der Waals surface area contributed by atoms with E-state index in [1.54, 1.807) is 0 Å². The average Bonchev–Trinajstić information content (AvgIpc) is 2.40. The molecule has 0 radical (unpaired) electrons. The third kappa shape index (κ3) is 4.07. The van der Waals surface area contributed by atoms with Gasteiger partial charge in [-0.15, -0.1) is 0 Å². The Morgan fingerprint density at radius 2 is 1.26 bits per heavy atom. The van der Waals surface area contributed by atoms with Crippen molar-refractivity contribution in [2.24, 2.45) is 0 Å². The van der Waals surface area contributed by atoms with Crippen molar-refractivity contribution in [2.45, 2.75) is 25.9 Å². The minimum absolute atomic E-state index is 0.288. The van der Waals surface area contributed by atoms with Gasteiger partial charge < -0.3 is 5.32 Å². The normalized spacial score (nSPS) is 14.1. The van der Waals surface area contributed by atoms with E-state index in [0.717, 1.165) is 9.50 Å². The molecular weight excluding hydrogens is 322 g/mol. The maximum Gasteiger partial charge on any atom is 0.0406 e. The highest BCUT2D eigenvalue weighted by Crippen LogP contribution is 2.22. The predicted molar refractivity (Wildman–Crippen MR) is 85.6 cm³/mol. The third-order valence-electron chi connectivity index (χ3n) is 3.24. The number of halogens is 2. The van der Waals surface area contributed by atoms with Crippen LogP contribution in [0.4, 0.5) is 0 Å². The summed E-state index contributed by atoms with van der Waals surface area (Å²) in [6.07, 6.45) is 0. The molecule has 1 N–H and O–H groups in total. The summed E-state index contributed by atoms with van der Waals surface area (Å²) in [5.74, 6) is 0. The van der Waals surface area contributed by atoms with Crippen molar-refractivity contribution < 1.29 is 0 Å². The van der Waals surface area contributed by atoms with Crippen LogP contribution in [0.2, 0.25) is 5.02 Å². The van der Waals surface area contributed by atoms with Crippen LogP contribution in [0.5, 0.6) is 0 Å². The first kappa shape index (κ1) is 14.6. The second-order valence-electron chi connectivity index (χ2n) is 4.71. The van der Waals surface area contributed by atoms with Gasteiger partial charge in [-0.2, -0.15) is 0 Å². The summed E-state index contributed by atoms with van der Waals surface area (Å²) >= 11 is 9.36. The van der Waals surface area contributed by atoms with E-state index in [9.17, 15) is 0 Å². The SMILES string of the molecule is CC(NC(C)c1ccc(Br)cc1)c1ccc(Cl)cc1. The van der Waals surface area contributed by atoms with Gasteiger partial charge >= 0.3 is 0 Å². The average molecular weight is 339 g/mol. The van der Waals surface area contributed by atoms with E-state index in [1.807, 2.05) is 12.1 Å². The van der Waals surface area contributed by atoms with E-state index >= 15 is 0 Å². The Morgan fingerprint density at radius 1 is 0.842 bits per heavy atom. The van der Waals surface area contributed by atoms with E-state index in [4.69, 9.17) is 11.6 Å². The molecule has 3 heteroatoms. The minimum atomic E-state index is 0.288. The van der Waals surface area contributed by atoms with Gasteiger partial charge in [-0.25, -0.2) is 0 Å². The summed E-state index contributed by atoms with van der Waals surface area (Å²) in [5.41, 5.74) is 2.53. The lowest BCUT2D eigenvalue weighted by atomic mass is 10.0. The Hall–Kier alpha value is -0.830. The topological polar surface area (TPSA) is 12.0 Å². The van der Waals surface area contributed by atoms with Crippen LogP contribution < -0.4 is 5.32 Å². The van der Waals surface area contributed by atoms with Gasteiger partial charge in [-0.05, 0) is 49.2 Å². The quantitative estimate of drug-likeness (QED) is 0.774. The molecule has 2 aromatic rings. The lowest BCUT2D eigenvalue weighted by molar-refractivity contribution is 0.494. The summed E-state index contributed by atoms with van der Waals surface area (Å²) < 4.78 is 1.11. The molecule has 0 aliphatic rings. The number of benzene rings is 2. The standard InChI is InChI=1S/C16H17BrClN/c1-11(13-3-7-15(17)8-4-13)19-12(2)14-5-9-16(18)10-6-14/h3-12,19H,1-2H3. The molecule has 0 saturated carbocycles. The number of hydrogen-bond donors (Lipinski definition) is 1. The molecule has 2 atom stereocenters. The van der Waals surface area contributed by atoms with Gasteiger partial charge in [0.1, 0.15) is 0 Å². The molecule has 0 bridgehead atoms. The zero-order valence-corrected chi connectivity index (χ0v) is 13.4. The van der Waals surface area contributed by atoms with Crippen LogP contribution in [-0.4, -0.2) is 0 Å². The minimum Gasteiger partial charge on any atom is -0.304 e. The van der Waals surface area contributed by atoms with Gasteiger partial charge in [-0.3, -0.25) is 0 Å². The summed E-state index contributed by atoms with van der Waals surface area (Å²) in [6, 6.07) is 17.0. The lowest BCUT2D eigenvalue weighted by Gasteiger charge is -2.21. The van der Waals surface area contributed by atoms with E-state index in [1.165, 1.54) is 11.1 Å². The van der Waals surface area contributed by atoms with Gasteiger partial charge in [0.05, 0.1) is 0 Å². The highest BCUT2D eigenvalue weighted by atomic mass is 79.9. The van der Waals surface area contributed by atoms with Crippen LogP contribution in [0, 0.1) is 0 Å². The van der Waals surface area contributed by atoms with Crippen LogP contribution in [-0.2, 0) is 0 Å². The molecule has 2 aromatic carbocycles. The summed E-state index contributed by atoms with van der Waals surface area (Å²) in [5, 5.41) is 4.37. The molecular formula is C16H17BrClN. The van der Waals surface area contributed by atoms with Crippen molar-refractivity contribution in [1.82, 2.24) is 5.32 Å². The highest BCUT2D eigenvalue weighted by molar-refractivity contribution is 9.10. The molecule has 0 fully saturated rings. The first-order valence-electron chi connectivity index (χ1n) is 6.33. The largest absolute Gasteiger partial charge is 0.304 e. The van der Waals surface area contributed by atoms with Gasteiger partial charge in [0.15, 0.2) is 0 Å². The molecule has 100 valence electrons. The Kier molecular flexibility index (Phi) is 5.03. The van der Waals surface area contributed by atoms with Gasteiger partial charge in [0, 0.05) is 21.6 Å². The molecule has 2 rings (SSSR count). The van der Waals surface area contributed by atoms with E-state index < -0.39 is 0 Å². The van der Waals surface area contributed by atoms with Crippen LogP contribution in [0.1, 0.15) is 37.1 Å². The molecule has 0 aliphatic heterocycles. The molecule has 0 spiro atoms. The van der Waals surface area contributed by atoms with Crippen LogP contribution >= 0.6 is 27.5 Å². The molecule has 0 aromatic heterocycles. The van der Waals surface area contributed by atoms with Crippen molar-refractivity contribution in [3.8, 4) is 0 Å². The third-order valence-corrected chi connectivity index (χ3v) is 4.02. The Bertz CT molecular complexity index is 472. The van der Waals surface area contributed by atoms with Gasteiger partial charge in [-0.1, -0.05) is 51.8 Å². The molecule has 1 nitrogen and oxygen atoms in total. The summed E-state index contributed by atoms with van der Waals surface area (Å²) in [7, 11) is 0. The lowest BCUT2D eigenvalue weighted by Crippen LogP contribution is -2.22. The smallest absolute Gasteiger partial charge is 0.0406 e. The van der Waals surface area contributed by atoms with Crippen molar-refractivity contribution in [2.75, 3.05) is 0 Å². The number of nitrogens with one attached hydrogen (secondary N) is 1. The monoisotopic (exact) mass is 337 g/mol. The second-order valence-corrected chi connectivity index (χ2v) is 6.07. The number of hydrogen-bond acceptors (Lipinski definition) is 1. The first-order valence-corrected chi connectivity index (χ1v) is 7.50. The van der Waals surface area contributed by atoms with Crippen molar-refractivity contribution >= 4 is 27.5 Å². The molecule has 2 unspecified atom stereocenters. The van der Waals surface area contributed by atoms with E-state index in [0.29, 0.717) is 6.04 Å². The Balaban J connectivity index is 2.03. The zero-order valence-electron chi connectivity index (χ0n) is 11.0. The molecule has 0 heterocycles. The Morgan fingerprint density at radius 3 is 1.74 bits per heavy atom. The van der Waals surface area contributed by atoms with Crippen LogP contribution in [0.15, 0.2) is 53.0 Å². The maximum absolute atomic E-state index is 5.91. The molecule has 19 heavy (non-hydrogen) atoms. The van der Waals surface area contributed by atoms with Crippen molar-refractivity contribution in [1.29, 1.82) is 0 Å². The highest BCUT2D eigenvalue weighted by Gasteiger charge is 2.10.